The summed E-state index contributed by atoms with van der Waals surface area (Å²) in [7, 11) is -3.96. The molecule has 1 saturated heterocycles. The van der Waals surface area contributed by atoms with Gasteiger partial charge in [-0.1, -0.05) is 0 Å². The summed E-state index contributed by atoms with van der Waals surface area (Å²) in [5.41, 5.74) is -1.41. The van der Waals surface area contributed by atoms with E-state index in [0.29, 0.717) is 0 Å². The second-order valence-electron chi connectivity index (χ2n) is 4.99. The molecule has 2 rings (SSSR count). The van der Waals surface area contributed by atoms with Crippen molar-refractivity contribution in [3.05, 3.63) is 17.1 Å². The summed E-state index contributed by atoms with van der Waals surface area (Å²) >= 11 is 0. The number of sulfonamides is 1. The Morgan fingerprint density at radius 3 is 2.26 bits per heavy atom. The fraction of sp³-hybridized carbons (Fsp3) is 0.545. The minimum absolute atomic E-state index is 0.0430. The lowest BCUT2D eigenvalue weighted by atomic mass is 10.0. The van der Waals surface area contributed by atoms with Crippen LogP contribution in [-0.4, -0.2) is 47.6 Å². The second kappa shape index (κ2) is 4.06. The number of aliphatic hydroxyl groups is 1. The lowest BCUT2D eigenvalue weighted by Gasteiger charge is -2.42. The van der Waals surface area contributed by atoms with Crippen LogP contribution >= 0.6 is 0 Å². The molecule has 106 valence electrons. The molecule has 8 heteroatoms. The maximum atomic E-state index is 12.4. The molecule has 0 amide bonds. The van der Waals surface area contributed by atoms with Gasteiger partial charge in [-0.05, 0) is 20.8 Å². The fourth-order valence-corrected chi connectivity index (χ4v) is 4.28. The largest absolute Gasteiger partial charge is 0.478 e. The quantitative estimate of drug-likeness (QED) is 0.831. The van der Waals surface area contributed by atoms with Gasteiger partial charge >= 0.3 is 5.97 Å². The van der Waals surface area contributed by atoms with Gasteiger partial charge in [-0.2, -0.15) is 4.31 Å². The van der Waals surface area contributed by atoms with E-state index in [1.54, 1.807) is 0 Å². The molecular weight excluding hydrogens is 274 g/mol. The second-order valence-corrected chi connectivity index (χ2v) is 6.87. The van der Waals surface area contributed by atoms with Crippen LogP contribution in [0.25, 0.3) is 0 Å². The van der Waals surface area contributed by atoms with E-state index in [-0.39, 0.29) is 35.1 Å². The highest BCUT2D eigenvalue weighted by atomic mass is 32.2. The van der Waals surface area contributed by atoms with Crippen LogP contribution in [0.1, 0.15) is 28.8 Å². The molecule has 7 nitrogen and oxygen atoms in total. The Hall–Kier alpha value is -1.38. The molecule has 1 fully saturated rings. The molecule has 0 atom stereocenters. The lowest BCUT2D eigenvalue weighted by Crippen LogP contribution is -2.61. The summed E-state index contributed by atoms with van der Waals surface area (Å²) in [5.74, 6) is -1.25. The van der Waals surface area contributed by atoms with Crippen LogP contribution < -0.4 is 0 Å². The Morgan fingerprint density at radius 2 is 1.84 bits per heavy atom. The number of hydrogen-bond donors (Lipinski definition) is 2. The number of carboxylic acids is 1. The molecule has 0 unspecified atom stereocenters. The first-order valence-electron chi connectivity index (χ1n) is 5.62. The Morgan fingerprint density at radius 1 is 1.32 bits per heavy atom. The van der Waals surface area contributed by atoms with E-state index < -0.39 is 21.6 Å². The highest BCUT2D eigenvalue weighted by Gasteiger charge is 2.46. The smallest absolute Gasteiger partial charge is 0.340 e. The number of nitrogens with zero attached hydrogens (tertiary/aromatic N) is 1. The maximum absolute atomic E-state index is 12.4. The molecule has 2 heterocycles. The average Bonchev–Trinajstić information content (AvgIpc) is 2.50. The van der Waals surface area contributed by atoms with E-state index >= 15 is 0 Å². The topological polar surface area (TPSA) is 108 Å². The van der Waals surface area contributed by atoms with Crippen molar-refractivity contribution in [2.45, 2.75) is 31.3 Å². The van der Waals surface area contributed by atoms with Gasteiger partial charge in [0, 0.05) is 13.1 Å². The van der Waals surface area contributed by atoms with Crippen LogP contribution in [-0.2, 0) is 10.0 Å². The SMILES string of the molecule is Cc1oc(C)c(S(=O)(=O)N2CC(C)(O)C2)c1C(=O)O. The van der Waals surface area contributed by atoms with Crippen LogP contribution in [0.3, 0.4) is 0 Å². The van der Waals surface area contributed by atoms with Crippen LogP contribution in [0.4, 0.5) is 0 Å². The molecule has 0 bridgehead atoms. The third-order valence-corrected chi connectivity index (χ3v) is 5.00. The average molecular weight is 289 g/mol. The molecule has 0 aliphatic carbocycles. The first-order valence-corrected chi connectivity index (χ1v) is 7.06. The number of aryl methyl sites for hydroxylation is 2. The molecule has 2 N–H and O–H groups in total. The molecule has 0 spiro atoms. The minimum atomic E-state index is -3.96. The van der Waals surface area contributed by atoms with Crippen LogP contribution in [0.2, 0.25) is 0 Å². The molecule has 0 saturated carbocycles. The van der Waals surface area contributed by atoms with Gasteiger partial charge in [0.15, 0.2) is 0 Å². The van der Waals surface area contributed by atoms with Gasteiger partial charge in [0.1, 0.15) is 22.0 Å². The first-order chi connectivity index (χ1) is 8.56. The number of furan rings is 1. The number of aromatic carboxylic acids is 1. The Balaban J connectivity index is 2.51. The van der Waals surface area contributed by atoms with E-state index in [0.717, 1.165) is 4.31 Å². The highest BCUT2D eigenvalue weighted by molar-refractivity contribution is 7.89. The number of rotatable bonds is 3. The Labute approximate surface area is 110 Å². The molecule has 1 aromatic heterocycles. The molecule has 0 aromatic carbocycles. The van der Waals surface area contributed by atoms with Crippen molar-refractivity contribution in [3.63, 3.8) is 0 Å². The third-order valence-electron chi connectivity index (χ3n) is 3.05. The van der Waals surface area contributed by atoms with E-state index in [4.69, 9.17) is 9.52 Å². The predicted octanol–water partition coefficient (Wildman–Crippen LogP) is 0.350. The van der Waals surface area contributed by atoms with E-state index in [9.17, 15) is 18.3 Å². The number of carbonyl (C=O) groups is 1. The van der Waals surface area contributed by atoms with Crippen LogP contribution in [0, 0.1) is 13.8 Å². The van der Waals surface area contributed by atoms with E-state index in [2.05, 4.69) is 0 Å². The molecule has 0 radical (unpaired) electrons. The number of carboxylic acid groups (broad SMARTS) is 1. The molecular formula is C11H15NO6S. The van der Waals surface area contributed by atoms with Gasteiger partial charge in [-0.25, -0.2) is 13.2 Å². The third kappa shape index (κ3) is 2.15. The summed E-state index contributed by atoms with van der Waals surface area (Å²) in [6.45, 7) is 4.21. The highest BCUT2D eigenvalue weighted by Crippen LogP contribution is 2.33. The van der Waals surface area contributed by atoms with Gasteiger partial charge < -0.3 is 14.6 Å². The zero-order valence-electron chi connectivity index (χ0n) is 10.8. The van der Waals surface area contributed by atoms with Crippen molar-refractivity contribution in [2.75, 3.05) is 13.1 Å². The van der Waals surface area contributed by atoms with Crippen LogP contribution in [0.5, 0.6) is 0 Å². The van der Waals surface area contributed by atoms with Crippen molar-refractivity contribution in [2.24, 2.45) is 0 Å². The maximum Gasteiger partial charge on any atom is 0.340 e. The van der Waals surface area contributed by atoms with E-state index in [1.165, 1.54) is 20.8 Å². The lowest BCUT2D eigenvalue weighted by molar-refractivity contribution is -0.0426. The molecule has 1 aliphatic rings. The Kier molecular flexibility index (Phi) is 3.00. The summed E-state index contributed by atoms with van der Waals surface area (Å²) in [4.78, 5) is 10.8. The van der Waals surface area contributed by atoms with E-state index in [1.807, 2.05) is 0 Å². The molecule has 1 aromatic rings. The summed E-state index contributed by atoms with van der Waals surface area (Å²) in [5, 5.41) is 18.7. The normalized spacial score (nSPS) is 19.2. The van der Waals surface area contributed by atoms with Crippen LogP contribution in [0.15, 0.2) is 9.31 Å². The minimum Gasteiger partial charge on any atom is -0.478 e. The summed E-state index contributed by atoms with van der Waals surface area (Å²) < 4.78 is 30.9. The molecule has 1 aliphatic heterocycles. The summed E-state index contributed by atoms with van der Waals surface area (Å²) in [6, 6.07) is 0. The standard InChI is InChI=1S/C11H15NO6S/c1-6-8(10(13)14)9(7(2)18-6)19(16,17)12-4-11(3,15)5-12/h15H,4-5H2,1-3H3,(H,13,14). The van der Waals surface area contributed by atoms with Crippen molar-refractivity contribution in [1.82, 2.24) is 4.31 Å². The first kappa shape index (κ1) is 14.0. The fourth-order valence-electron chi connectivity index (χ4n) is 2.23. The Bertz CT molecular complexity index is 634. The molecule has 19 heavy (non-hydrogen) atoms. The summed E-state index contributed by atoms with van der Waals surface area (Å²) in [6.07, 6.45) is 0. The van der Waals surface area contributed by atoms with Gasteiger partial charge in [0.05, 0.1) is 5.60 Å². The number of hydrogen-bond acceptors (Lipinski definition) is 5. The van der Waals surface area contributed by atoms with Gasteiger partial charge in [-0.15, -0.1) is 0 Å². The van der Waals surface area contributed by atoms with Gasteiger partial charge in [0.2, 0.25) is 10.0 Å². The monoisotopic (exact) mass is 289 g/mol. The predicted molar refractivity (Wildman–Crippen MR) is 64.5 cm³/mol. The van der Waals surface area contributed by atoms with Gasteiger partial charge in [0.25, 0.3) is 0 Å². The van der Waals surface area contributed by atoms with Crippen molar-refractivity contribution in [1.29, 1.82) is 0 Å². The zero-order chi connectivity index (χ0) is 14.6. The zero-order valence-corrected chi connectivity index (χ0v) is 11.6. The van der Waals surface area contributed by atoms with Gasteiger partial charge in [-0.3, -0.25) is 0 Å². The van der Waals surface area contributed by atoms with Crippen molar-refractivity contribution < 1.29 is 27.8 Å². The van der Waals surface area contributed by atoms with Crippen molar-refractivity contribution in [3.8, 4) is 0 Å². The number of β-amino-alcohol motifs (C(OH)–C–C–N with tert-alkyl or cyclic N) is 1. The van der Waals surface area contributed by atoms with Crippen molar-refractivity contribution >= 4 is 16.0 Å².